The van der Waals surface area contributed by atoms with E-state index in [4.69, 9.17) is 19.4 Å². The van der Waals surface area contributed by atoms with Crippen molar-refractivity contribution in [2.24, 2.45) is 0 Å². The monoisotopic (exact) mass is 790 g/mol. The van der Waals surface area contributed by atoms with Gasteiger partial charge < -0.3 is 4.42 Å². The second kappa shape index (κ2) is 13.6. The highest BCUT2D eigenvalue weighted by atomic mass is 16.3. The molecule has 12 aromatic rings. The molecule has 5 nitrogen and oxygen atoms in total. The van der Waals surface area contributed by atoms with Gasteiger partial charge in [-0.2, -0.15) is 9.97 Å². The molecule has 0 fully saturated rings. The number of furan rings is 1. The number of fused-ring (bicyclic) bond motifs is 3. The van der Waals surface area contributed by atoms with Crippen LogP contribution in [0.15, 0.2) is 211 Å². The fourth-order valence-electron chi connectivity index (χ4n) is 9.67. The van der Waals surface area contributed by atoms with E-state index in [2.05, 4.69) is 162 Å². The van der Waals surface area contributed by atoms with Gasteiger partial charge in [0, 0.05) is 32.7 Å². The molecule has 0 N–H and O–H groups in total. The van der Waals surface area contributed by atoms with Gasteiger partial charge >= 0.3 is 0 Å². The number of benzene rings is 9. The molecule has 288 valence electrons. The van der Waals surface area contributed by atoms with Crippen LogP contribution in [0.1, 0.15) is 22.3 Å². The first-order chi connectivity index (χ1) is 30.7. The van der Waals surface area contributed by atoms with Gasteiger partial charge in [0.1, 0.15) is 11.2 Å². The van der Waals surface area contributed by atoms with Crippen LogP contribution in [-0.4, -0.2) is 19.5 Å². The highest BCUT2D eigenvalue weighted by molar-refractivity contribution is 6.31. The zero-order valence-electron chi connectivity index (χ0n) is 33.3. The summed E-state index contributed by atoms with van der Waals surface area (Å²) < 4.78 is 8.77. The molecule has 5 heteroatoms. The van der Waals surface area contributed by atoms with Crippen molar-refractivity contribution >= 4 is 65.7 Å². The smallest absolute Gasteiger partial charge is 0.238 e. The number of para-hydroxylation sites is 1. The highest BCUT2D eigenvalue weighted by Crippen LogP contribution is 2.51. The van der Waals surface area contributed by atoms with Crippen molar-refractivity contribution in [1.82, 2.24) is 19.5 Å². The van der Waals surface area contributed by atoms with Crippen molar-refractivity contribution in [3.05, 3.63) is 229 Å². The third kappa shape index (κ3) is 5.25. The Hall–Kier alpha value is -8.41. The van der Waals surface area contributed by atoms with Crippen molar-refractivity contribution in [3.8, 4) is 39.9 Å². The summed E-state index contributed by atoms with van der Waals surface area (Å²) in [7, 11) is 0. The molecule has 1 aliphatic rings. The number of aromatic nitrogens is 4. The van der Waals surface area contributed by atoms with E-state index < -0.39 is 0 Å². The molecular weight excluding hydrogens is 757 g/mol. The number of nitrogens with zero attached hydrogens (tertiary/aromatic N) is 4. The Morgan fingerprint density at radius 1 is 0.339 bits per heavy atom. The first kappa shape index (κ1) is 34.5. The average Bonchev–Trinajstić information content (AvgIpc) is 3.85. The van der Waals surface area contributed by atoms with Crippen molar-refractivity contribution in [2.75, 3.05) is 0 Å². The molecule has 0 bridgehead atoms. The molecule has 0 radical (unpaired) electrons. The van der Waals surface area contributed by atoms with Crippen LogP contribution in [0.3, 0.4) is 0 Å². The van der Waals surface area contributed by atoms with E-state index in [-0.39, 0.29) is 0 Å². The Labute approximate surface area is 356 Å². The molecule has 62 heavy (non-hydrogen) atoms. The van der Waals surface area contributed by atoms with Crippen LogP contribution in [0, 0.1) is 0 Å². The van der Waals surface area contributed by atoms with Crippen molar-refractivity contribution in [1.29, 1.82) is 0 Å². The highest BCUT2D eigenvalue weighted by Gasteiger charge is 2.30. The summed E-state index contributed by atoms with van der Waals surface area (Å²) in [5.74, 6) is 1.78. The Balaban J connectivity index is 1.21. The second-order valence-electron chi connectivity index (χ2n) is 15.9. The van der Waals surface area contributed by atoms with E-state index in [9.17, 15) is 0 Å². The van der Waals surface area contributed by atoms with Crippen molar-refractivity contribution in [2.45, 2.75) is 0 Å². The summed E-state index contributed by atoms with van der Waals surface area (Å²) >= 11 is 0. The predicted molar refractivity (Wildman–Crippen MR) is 253 cm³/mol. The fourth-order valence-corrected chi connectivity index (χ4v) is 9.67. The summed E-state index contributed by atoms with van der Waals surface area (Å²) in [5, 5.41) is 6.91. The summed E-state index contributed by atoms with van der Waals surface area (Å²) in [6.07, 6.45) is 0. The number of rotatable bonds is 6. The maximum absolute atomic E-state index is 6.50. The Morgan fingerprint density at radius 3 is 1.61 bits per heavy atom. The average molecular weight is 791 g/mol. The molecule has 13 rings (SSSR count). The van der Waals surface area contributed by atoms with Gasteiger partial charge in [-0.1, -0.05) is 170 Å². The standard InChI is InChI=1S/C57H34N4O/c1-5-16-35(17-6-1)50-44-26-15-24-37-29-31-46-54(51(37)44)53-45(52(50)36-18-7-2-8-19-36)32-41(40-28-30-43-42-25-13-14-27-48(42)62-49(43)34-40)33-47(53)61(46)57-59-55(38-20-9-3-10-21-38)58-56(60-57)39-22-11-4-12-23-39/h1-34H. The third-order valence-corrected chi connectivity index (χ3v) is 12.4. The molecule has 1 aliphatic carbocycles. The van der Waals surface area contributed by atoms with Gasteiger partial charge in [0.05, 0.1) is 11.0 Å². The van der Waals surface area contributed by atoms with E-state index in [1.165, 1.54) is 32.9 Å². The molecule has 0 saturated heterocycles. The lowest BCUT2D eigenvalue weighted by Gasteiger charge is -2.20. The van der Waals surface area contributed by atoms with Gasteiger partial charge in [-0.3, -0.25) is 4.57 Å². The zero-order chi connectivity index (χ0) is 40.7. The first-order valence-corrected chi connectivity index (χ1v) is 20.9. The lowest BCUT2D eigenvalue weighted by molar-refractivity contribution is 0.669. The minimum absolute atomic E-state index is 0.555. The Morgan fingerprint density at radius 2 is 0.935 bits per heavy atom. The second-order valence-corrected chi connectivity index (χ2v) is 15.9. The summed E-state index contributed by atoms with van der Waals surface area (Å²) in [5.41, 5.74) is 14.7. The Bertz CT molecular complexity index is 3720. The normalized spacial score (nSPS) is 12.5. The van der Waals surface area contributed by atoms with Crippen molar-refractivity contribution in [3.63, 3.8) is 0 Å². The number of hydrogen-bond donors (Lipinski definition) is 0. The molecule has 0 saturated carbocycles. The maximum Gasteiger partial charge on any atom is 0.238 e. The minimum Gasteiger partial charge on any atom is -0.456 e. The third-order valence-electron chi connectivity index (χ3n) is 12.4. The van der Waals surface area contributed by atoms with Crippen LogP contribution < -0.4 is 0 Å². The molecule has 3 heterocycles. The number of hydrogen-bond acceptors (Lipinski definition) is 4. The van der Waals surface area contributed by atoms with Crippen LogP contribution in [0.4, 0.5) is 0 Å². The summed E-state index contributed by atoms with van der Waals surface area (Å²) in [6.45, 7) is 0. The van der Waals surface area contributed by atoms with Crippen molar-refractivity contribution < 1.29 is 4.42 Å². The van der Waals surface area contributed by atoms with E-state index in [0.29, 0.717) is 17.6 Å². The maximum atomic E-state index is 6.50. The van der Waals surface area contributed by atoms with Crippen LogP contribution in [0.2, 0.25) is 0 Å². The molecular formula is C57H34N4O. The van der Waals surface area contributed by atoms with E-state index in [0.717, 1.165) is 77.3 Å². The predicted octanol–water partition coefficient (Wildman–Crippen LogP) is 14.3. The van der Waals surface area contributed by atoms with Gasteiger partial charge in [0.2, 0.25) is 5.95 Å². The molecule has 0 amide bonds. The fraction of sp³-hybridized carbons (Fsp3) is 0. The minimum atomic E-state index is 0.555. The van der Waals surface area contributed by atoms with E-state index in [1.807, 2.05) is 48.5 Å². The lowest BCUT2D eigenvalue weighted by atomic mass is 9.84. The van der Waals surface area contributed by atoms with Gasteiger partial charge in [-0.15, -0.1) is 0 Å². The van der Waals surface area contributed by atoms with Crippen LogP contribution in [0.5, 0.6) is 0 Å². The van der Waals surface area contributed by atoms with Gasteiger partial charge in [0.15, 0.2) is 11.6 Å². The van der Waals surface area contributed by atoms with Crippen LogP contribution >= 0.6 is 0 Å². The largest absolute Gasteiger partial charge is 0.456 e. The topological polar surface area (TPSA) is 56.7 Å². The quantitative estimate of drug-likeness (QED) is 0.168. The van der Waals surface area contributed by atoms with Crippen LogP contribution in [-0.2, 0) is 0 Å². The van der Waals surface area contributed by atoms with Crippen LogP contribution in [0.25, 0.3) is 106 Å². The van der Waals surface area contributed by atoms with E-state index in [1.54, 1.807) is 0 Å². The Kier molecular flexibility index (Phi) is 7.54. The molecule has 3 aromatic heterocycles. The van der Waals surface area contributed by atoms with E-state index >= 15 is 0 Å². The molecule has 0 unspecified atom stereocenters. The molecule has 0 spiro atoms. The SMILES string of the molecule is c1ccc(C2=C(c3ccccc3)c3cc(-c4ccc5c(c4)oc4ccccc45)cc4c3c3c5c2cccc5ccc3n4-c2nc(-c3ccccc3)nc(-c3ccccc3)n2)cc1. The molecule has 9 aromatic carbocycles. The van der Waals surface area contributed by atoms with Gasteiger partial charge in [-0.25, -0.2) is 4.98 Å². The molecule has 0 atom stereocenters. The molecule has 0 aliphatic heterocycles. The lowest BCUT2D eigenvalue weighted by Crippen LogP contribution is -2.07. The zero-order valence-corrected chi connectivity index (χ0v) is 33.3. The summed E-state index contributed by atoms with van der Waals surface area (Å²) in [4.78, 5) is 15.8. The van der Waals surface area contributed by atoms with Gasteiger partial charge in [-0.05, 0) is 91.7 Å². The summed E-state index contributed by atoms with van der Waals surface area (Å²) in [6, 6.07) is 72.9. The van der Waals surface area contributed by atoms with Gasteiger partial charge in [0.25, 0.3) is 0 Å². The first-order valence-electron chi connectivity index (χ1n) is 20.9.